The van der Waals surface area contributed by atoms with E-state index >= 15 is 0 Å². The molecule has 0 heterocycles. The molecule has 0 aromatic carbocycles. The van der Waals surface area contributed by atoms with Gasteiger partial charge in [0.05, 0.1) is 6.10 Å². The van der Waals surface area contributed by atoms with Gasteiger partial charge < -0.3 is 15.0 Å². The smallest absolute Gasteiger partial charge is 0.550 e. The minimum absolute atomic E-state index is 0. The van der Waals surface area contributed by atoms with Crippen molar-refractivity contribution >= 4 is 5.97 Å². The van der Waals surface area contributed by atoms with E-state index in [9.17, 15) is 15.0 Å². The first-order valence-corrected chi connectivity index (χ1v) is 8.03. The van der Waals surface area contributed by atoms with Gasteiger partial charge in [0.15, 0.2) is 0 Å². The molecule has 0 bridgehead atoms. The van der Waals surface area contributed by atoms with Gasteiger partial charge in [-0.05, 0) is 44.9 Å². The van der Waals surface area contributed by atoms with Crippen molar-refractivity contribution in [2.75, 3.05) is 0 Å². The summed E-state index contributed by atoms with van der Waals surface area (Å²) in [4.78, 5) is 10.2. The van der Waals surface area contributed by atoms with Crippen LogP contribution in [0, 0.1) is 0 Å². The van der Waals surface area contributed by atoms with Gasteiger partial charge in [0.2, 0.25) is 0 Å². The van der Waals surface area contributed by atoms with Crippen LogP contribution in [0.2, 0.25) is 0 Å². The third kappa shape index (κ3) is 19.7. The molecule has 3 nitrogen and oxygen atoms in total. The molecule has 1 N–H and O–H groups in total. The zero-order chi connectivity index (χ0) is 15.8. The first-order chi connectivity index (χ1) is 10.2. The monoisotopic (exact) mass is 316 g/mol. The first kappa shape index (κ1) is 23.9. The van der Waals surface area contributed by atoms with Crippen LogP contribution in [0.3, 0.4) is 0 Å². The van der Waals surface area contributed by atoms with Crippen LogP contribution in [0.4, 0.5) is 0 Å². The van der Waals surface area contributed by atoms with Crippen LogP contribution in [-0.2, 0) is 4.79 Å². The van der Waals surface area contributed by atoms with E-state index in [1.165, 1.54) is 19.3 Å². The van der Waals surface area contributed by atoms with Crippen molar-refractivity contribution in [3.05, 3.63) is 36.5 Å². The summed E-state index contributed by atoms with van der Waals surface area (Å²) in [6.07, 6.45) is 19.2. The maximum absolute atomic E-state index is 10.2. The van der Waals surface area contributed by atoms with Crippen LogP contribution in [0.15, 0.2) is 36.5 Å². The Morgan fingerprint density at radius 3 is 2.32 bits per heavy atom. The Balaban J connectivity index is 0. The summed E-state index contributed by atoms with van der Waals surface area (Å²) in [5.41, 5.74) is 0. The molecule has 0 rings (SSSR count). The molecule has 4 heteroatoms. The Bertz CT molecular complexity index is 335. The second-order valence-electron chi connectivity index (χ2n) is 5.17. The number of carbonyl (C=O) groups excluding carboxylic acids is 1. The molecule has 0 aliphatic heterocycles. The van der Waals surface area contributed by atoms with Crippen molar-refractivity contribution in [3.63, 3.8) is 0 Å². The largest absolute Gasteiger partial charge is 1.00 e. The summed E-state index contributed by atoms with van der Waals surface area (Å²) in [5, 5.41) is 19.9. The summed E-state index contributed by atoms with van der Waals surface area (Å²) in [7, 11) is 0. The third-order valence-electron chi connectivity index (χ3n) is 3.08. The van der Waals surface area contributed by atoms with Gasteiger partial charge in [0, 0.05) is 5.97 Å². The molecule has 0 aromatic heterocycles. The van der Waals surface area contributed by atoms with Crippen LogP contribution >= 0.6 is 0 Å². The van der Waals surface area contributed by atoms with E-state index in [1.807, 2.05) is 30.4 Å². The fraction of sp³-hybridized carbons (Fsp3) is 0.611. The van der Waals surface area contributed by atoms with Gasteiger partial charge in [-0.25, -0.2) is 0 Å². The maximum Gasteiger partial charge on any atom is 1.00 e. The van der Waals surface area contributed by atoms with Gasteiger partial charge in [0.25, 0.3) is 0 Å². The number of hydrogen-bond acceptors (Lipinski definition) is 3. The second kappa shape index (κ2) is 18.7. The average molecular weight is 316 g/mol. The molecule has 1 atom stereocenters. The number of carboxylic acid groups (broad SMARTS) is 1. The molecular formula is C18H29NaO3. The van der Waals surface area contributed by atoms with Crippen LogP contribution in [-0.4, -0.2) is 17.2 Å². The van der Waals surface area contributed by atoms with Gasteiger partial charge >= 0.3 is 29.6 Å². The number of aliphatic hydroxyl groups is 1. The van der Waals surface area contributed by atoms with E-state index < -0.39 is 12.1 Å². The number of allylic oxidation sites excluding steroid dienone is 4. The summed E-state index contributed by atoms with van der Waals surface area (Å²) in [6, 6.07) is 0. The van der Waals surface area contributed by atoms with E-state index in [0.717, 1.165) is 25.7 Å². The van der Waals surface area contributed by atoms with Crippen LogP contribution < -0.4 is 34.7 Å². The molecule has 0 radical (unpaired) electrons. The van der Waals surface area contributed by atoms with Gasteiger partial charge in [-0.15, -0.1) is 0 Å². The second-order valence-corrected chi connectivity index (χ2v) is 5.17. The van der Waals surface area contributed by atoms with Crippen molar-refractivity contribution in [2.24, 2.45) is 0 Å². The SMILES string of the molecule is CCCCC/C=C\C(O)/C=C\C/C=C\CCCCC(=O)[O-].[Na+]. The summed E-state index contributed by atoms with van der Waals surface area (Å²) >= 11 is 0. The fourth-order valence-electron chi connectivity index (χ4n) is 1.85. The molecule has 0 aliphatic carbocycles. The number of hydrogen-bond donors (Lipinski definition) is 1. The quantitative estimate of drug-likeness (QED) is 0.302. The minimum atomic E-state index is -0.973. The average Bonchev–Trinajstić information content (AvgIpc) is 2.45. The number of rotatable bonds is 13. The van der Waals surface area contributed by atoms with E-state index in [1.54, 1.807) is 6.08 Å². The molecule has 120 valence electrons. The molecule has 0 aromatic rings. The van der Waals surface area contributed by atoms with Crippen LogP contribution in [0.25, 0.3) is 0 Å². The standard InChI is InChI=1S/C18H30O3.Na/c1-2-3-4-8-11-14-17(19)15-12-9-6-5-7-10-13-16-18(20)21;/h5-6,11-12,14-15,17,19H,2-4,7-10,13,16H2,1H3,(H,20,21);/q;+1/p-1/b6-5-,14-11-,15-12-;. The molecule has 0 saturated carbocycles. The third-order valence-corrected chi connectivity index (χ3v) is 3.08. The fourth-order valence-corrected chi connectivity index (χ4v) is 1.85. The maximum atomic E-state index is 10.2. The number of carbonyl (C=O) groups is 1. The summed E-state index contributed by atoms with van der Waals surface area (Å²) in [5.74, 6) is -0.973. The molecular weight excluding hydrogens is 287 g/mol. The van der Waals surface area contributed by atoms with Crippen molar-refractivity contribution in [2.45, 2.75) is 70.8 Å². The molecule has 0 saturated heterocycles. The number of unbranched alkanes of at least 4 members (excludes halogenated alkanes) is 5. The Morgan fingerprint density at radius 2 is 1.64 bits per heavy atom. The van der Waals surface area contributed by atoms with Gasteiger partial charge in [-0.3, -0.25) is 0 Å². The molecule has 0 aliphatic rings. The van der Waals surface area contributed by atoms with Crippen LogP contribution in [0.5, 0.6) is 0 Å². The predicted octanol–water partition coefficient (Wildman–Crippen LogP) is 0.301. The van der Waals surface area contributed by atoms with E-state index in [4.69, 9.17) is 0 Å². The predicted molar refractivity (Wildman–Crippen MR) is 85.7 cm³/mol. The Hall–Kier alpha value is -0.350. The van der Waals surface area contributed by atoms with Crippen molar-refractivity contribution in [3.8, 4) is 0 Å². The molecule has 0 amide bonds. The Labute approximate surface area is 157 Å². The zero-order valence-electron chi connectivity index (χ0n) is 14.2. The topological polar surface area (TPSA) is 60.4 Å². The van der Waals surface area contributed by atoms with Gasteiger partial charge in [-0.2, -0.15) is 0 Å². The molecule has 0 spiro atoms. The van der Waals surface area contributed by atoms with E-state index in [2.05, 4.69) is 6.92 Å². The summed E-state index contributed by atoms with van der Waals surface area (Å²) < 4.78 is 0. The van der Waals surface area contributed by atoms with Crippen LogP contribution in [0.1, 0.15) is 64.7 Å². The number of aliphatic hydroxyl groups excluding tert-OH is 1. The molecule has 0 fully saturated rings. The zero-order valence-corrected chi connectivity index (χ0v) is 16.2. The van der Waals surface area contributed by atoms with E-state index in [-0.39, 0.29) is 36.0 Å². The normalized spacial score (nSPS) is 13.0. The van der Waals surface area contributed by atoms with Crippen molar-refractivity contribution in [1.29, 1.82) is 0 Å². The van der Waals surface area contributed by atoms with Gasteiger partial charge in [0.1, 0.15) is 0 Å². The molecule has 22 heavy (non-hydrogen) atoms. The van der Waals surface area contributed by atoms with Crippen molar-refractivity contribution < 1.29 is 44.6 Å². The number of aliphatic carboxylic acids is 1. The Kier molecular flexibility index (Phi) is 20.3. The molecule has 1 unspecified atom stereocenters. The first-order valence-electron chi connectivity index (χ1n) is 8.03. The van der Waals surface area contributed by atoms with E-state index in [0.29, 0.717) is 6.42 Å². The summed E-state index contributed by atoms with van der Waals surface area (Å²) in [6.45, 7) is 2.18. The minimum Gasteiger partial charge on any atom is -0.550 e. The van der Waals surface area contributed by atoms with Crippen molar-refractivity contribution in [1.82, 2.24) is 0 Å². The Morgan fingerprint density at radius 1 is 1.00 bits per heavy atom. The van der Waals surface area contributed by atoms with Gasteiger partial charge in [-0.1, -0.05) is 56.2 Å². The number of carboxylic acids is 1.